The van der Waals surface area contributed by atoms with E-state index >= 15 is 0 Å². The summed E-state index contributed by atoms with van der Waals surface area (Å²) < 4.78 is 5.24. The Bertz CT molecular complexity index is 939. The second kappa shape index (κ2) is 8.59. The lowest BCUT2D eigenvalue weighted by molar-refractivity contribution is -0.113. The van der Waals surface area contributed by atoms with Crippen LogP contribution in [0.1, 0.15) is 30.9 Å². The van der Waals surface area contributed by atoms with Gasteiger partial charge in [0.25, 0.3) is 5.22 Å². The SMILES string of the molecule is Cc1c(Cl)cccc1NC(=O)CSc1nc(-c2ccc(C(C)C)cc2)no1. The lowest BCUT2D eigenvalue weighted by Crippen LogP contribution is -2.14. The lowest BCUT2D eigenvalue weighted by Gasteiger charge is -2.08. The van der Waals surface area contributed by atoms with E-state index in [0.717, 1.165) is 11.1 Å². The Balaban J connectivity index is 1.59. The Morgan fingerprint density at radius 3 is 2.67 bits per heavy atom. The summed E-state index contributed by atoms with van der Waals surface area (Å²) in [6.07, 6.45) is 0. The van der Waals surface area contributed by atoms with Gasteiger partial charge < -0.3 is 9.84 Å². The third-order valence-electron chi connectivity index (χ3n) is 4.11. The van der Waals surface area contributed by atoms with Crippen molar-refractivity contribution in [2.24, 2.45) is 0 Å². The third kappa shape index (κ3) is 4.90. The van der Waals surface area contributed by atoms with E-state index in [4.69, 9.17) is 16.1 Å². The van der Waals surface area contributed by atoms with Gasteiger partial charge in [-0.1, -0.05) is 72.7 Å². The topological polar surface area (TPSA) is 68.0 Å². The van der Waals surface area contributed by atoms with Crippen molar-refractivity contribution in [1.29, 1.82) is 0 Å². The van der Waals surface area contributed by atoms with Crippen molar-refractivity contribution in [2.45, 2.75) is 31.9 Å². The van der Waals surface area contributed by atoms with Crippen molar-refractivity contribution < 1.29 is 9.32 Å². The maximum absolute atomic E-state index is 12.2. The monoisotopic (exact) mass is 401 g/mol. The number of hydrogen-bond donors (Lipinski definition) is 1. The molecule has 1 aromatic heterocycles. The quantitative estimate of drug-likeness (QED) is 0.548. The molecule has 0 bridgehead atoms. The van der Waals surface area contributed by atoms with Crippen LogP contribution >= 0.6 is 23.4 Å². The molecule has 27 heavy (non-hydrogen) atoms. The molecule has 0 aliphatic heterocycles. The molecule has 1 amide bonds. The molecular weight excluding hydrogens is 382 g/mol. The molecule has 0 aliphatic carbocycles. The summed E-state index contributed by atoms with van der Waals surface area (Å²) in [6.45, 7) is 6.15. The van der Waals surface area contributed by atoms with E-state index in [0.29, 0.717) is 27.7 Å². The van der Waals surface area contributed by atoms with E-state index in [9.17, 15) is 4.79 Å². The Kier molecular flexibility index (Phi) is 6.19. The Hall–Kier alpha value is -2.31. The van der Waals surface area contributed by atoms with Crippen LogP contribution in [-0.4, -0.2) is 21.8 Å². The van der Waals surface area contributed by atoms with Gasteiger partial charge in [-0.15, -0.1) is 0 Å². The molecule has 0 spiro atoms. The van der Waals surface area contributed by atoms with Crippen LogP contribution in [0.4, 0.5) is 5.69 Å². The highest BCUT2D eigenvalue weighted by Gasteiger charge is 2.13. The van der Waals surface area contributed by atoms with Gasteiger partial charge in [0, 0.05) is 16.3 Å². The van der Waals surface area contributed by atoms with Crippen LogP contribution in [0.25, 0.3) is 11.4 Å². The number of rotatable bonds is 6. The summed E-state index contributed by atoms with van der Waals surface area (Å²) in [7, 11) is 0. The minimum Gasteiger partial charge on any atom is -0.327 e. The van der Waals surface area contributed by atoms with Gasteiger partial charge in [-0.05, 0) is 36.1 Å². The number of carbonyl (C=O) groups is 1. The molecule has 0 radical (unpaired) electrons. The molecule has 3 rings (SSSR count). The van der Waals surface area contributed by atoms with E-state index in [1.165, 1.54) is 17.3 Å². The maximum Gasteiger partial charge on any atom is 0.286 e. The number of carbonyl (C=O) groups excluding carboxylic acids is 1. The summed E-state index contributed by atoms with van der Waals surface area (Å²) in [4.78, 5) is 16.5. The van der Waals surface area contributed by atoms with Crippen LogP contribution in [0, 0.1) is 6.92 Å². The van der Waals surface area contributed by atoms with Gasteiger partial charge in [-0.2, -0.15) is 4.98 Å². The molecule has 7 heteroatoms. The summed E-state index contributed by atoms with van der Waals surface area (Å²) in [5.41, 5.74) is 3.67. The van der Waals surface area contributed by atoms with E-state index in [2.05, 4.69) is 41.4 Å². The van der Waals surface area contributed by atoms with Crippen LogP contribution in [-0.2, 0) is 4.79 Å². The molecule has 140 valence electrons. The van der Waals surface area contributed by atoms with Crippen molar-refractivity contribution >= 4 is 35.0 Å². The second-order valence-corrected chi connectivity index (χ2v) is 7.74. The van der Waals surface area contributed by atoms with Crippen molar-refractivity contribution in [3.8, 4) is 11.4 Å². The largest absolute Gasteiger partial charge is 0.327 e. The standard InChI is InChI=1S/C20H20ClN3O2S/c1-12(2)14-7-9-15(10-8-14)19-23-20(26-24-19)27-11-18(25)22-17-6-4-5-16(21)13(17)3/h4-10,12H,11H2,1-3H3,(H,22,25). The minimum atomic E-state index is -0.161. The zero-order valence-electron chi connectivity index (χ0n) is 15.3. The molecule has 0 fully saturated rings. The zero-order chi connectivity index (χ0) is 19.4. The van der Waals surface area contributed by atoms with Crippen LogP contribution in [0.2, 0.25) is 5.02 Å². The first-order chi connectivity index (χ1) is 12.9. The Morgan fingerprint density at radius 2 is 1.96 bits per heavy atom. The number of thioether (sulfide) groups is 1. The molecule has 1 N–H and O–H groups in total. The highest BCUT2D eigenvalue weighted by molar-refractivity contribution is 7.99. The number of amides is 1. The first-order valence-corrected chi connectivity index (χ1v) is 9.92. The van der Waals surface area contributed by atoms with Gasteiger partial charge in [0.2, 0.25) is 11.7 Å². The molecule has 5 nitrogen and oxygen atoms in total. The zero-order valence-corrected chi connectivity index (χ0v) is 16.9. The average molecular weight is 402 g/mol. The normalized spacial score (nSPS) is 11.0. The van der Waals surface area contributed by atoms with Crippen LogP contribution in [0.15, 0.2) is 52.2 Å². The van der Waals surface area contributed by atoms with E-state index in [1.54, 1.807) is 12.1 Å². The predicted octanol–water partition coefficient (Wildman–Crippen LogP) is 5.55. The summed E-state index contributed by atoms with van der Waals surface area (Å²) in [5.74, 6) is 0.988. The number of aromatic nitrogens is 2. The first-order valence-electron chi connectivity index (χ1n) is 8.56. The molecule has 0 saturated carbocycles. The number of benzene rings is 2. The summed E-state index contributed by atoms with van der Waals surface area (Å²) in [5, 5.41) is 7.81. The highest BCUT2D eigenvalue weighted by atomic mass is 35.5. The molecule has 1 heterocycles. The van der Waals surface area contributed by atoms with Crippen molar-refractivity contribution in [3.63, 3.8) is 0 Å². The molecule has 0 saturated heterocycles. The molecule has 0 aliphatic rings. The fourth-order valence-corrected chi connectivity index (χ4v) is 3.20. The van der Waals surface area contributed by atoms with Gasteiger partial charge in [0.15, 0.2) is 0 Å². The van der Waals surface area contributed by atoms with Crippen molar-refractivity contribution in [1.82, 2.24) is 10.1 Å². The van der Waals surface area contributed by atoms with E-state index in [-0.39, 0.29) is 11.7 Å². The van der Waals surface area contributed by atoms with Gasteiger partial charge in [-0.3, -0.25) is 4.79 Å². The molecule has 2 aromatic carbocycles. The number of halogens is 1. The van der Waals surface area contributed by atoms with Crippen LogP contribution in [0.3, 0.4) is 0 Å². The molecule has 0 atom stereocenters. The smallest absolute Gasteiger partial charge is 0.286 e. The lowest BCUT2D eigenvalue weighted by atomic mass is 10.0. The van der Waals surface area contributed by atoms with Crippen molar-refractivity contribution in [3.05, 3.63) is 58.6 Å². The van der Waals surface area contributed by atoms with E-state index < -0.39 is 0 Å². The predicted molar refractivity (Wildman–Crippen MR) is 109 cm³/mol. The Labute approximate surface area is 167 Å². The minimum absolute atomic E-state index is 0.161. The van der Waals surface area contributed by atoms with Crippen molar-refractivity contribution in [2.75, 3.05) is 11.1 Å². The van der Waals surface area contributed by atoms with Gasteiger partial charge in [0.1, 0.15) is 0 Å². The number of nitrogens with zero attached hydrogens (tertiary/aromatic N) is 2. The van der Waals surface area contributed by atoms with Crippen LogP contribution < -0.4 is 5.32 Å². The summed E-state index contributed by atoms with van der Waals surface area (Å²) >= 11 is 7.26. The second-order valence-electron chi connectivity index (χ2n) is 6.41. The van der Waals surface area contributed by atoms with Gasteiger partial charge in [0.05, 0.1) is 5.75 Å². The van der Waals surface area contributed by atoms with Gasteiger partial charge in [-0.25, -0.2) is 0 Å². The Morgan fingerprint density at radius 1 is 1.22 bits per heavy atom. The highest BCUT2D eigenvalue weighted by Crippen LogP contribution is 2.25. The molecular formula is C20H20ClN3O2S. The average Bonchev–Trinajstić information content (AvgIpc) is 3.13. The fourth-order valence-electron chi connectivity index (χ4n) is 2.46. The fraction of sp³-hybridized carbons (Fsp3) is 0.250. The molecule has 0 unspecified atom stereocenters. The summed E-state index contributed by atoms with van der Waals surface area (Å²) in [6, 6.07) is 13.5. The molecule has 3 aromatic rings. The van der Waals surface area contributed by atoms with E-state index in [1.807, 2.05) is 25.1 Å². The number of anilines is 1. The first kappa shape index (κ1) is 19.5. The maximum atomic E-state index is 12.2. The number of nitrogens with one attached hydrogen (secondary N) is 1. The number of hydrogen-bond acceptors (Lipinski definition) is 5. The van der Waals surface area contributed by atoms with Crippen LogP contribution in [0.5, 0.6) is 0 Å². The van der Waals surface area contributed by atoms with Gasteiger partial charge >= 0.3 is 0 Å². The third-order valence-corrected chi connectivity index (χ3v) is 5.34.